The van der Waals surface area contributed by atoms with Gasteiger partial charge < -0.3 is 20.4 Å². The third-order valence-electron chi connectivity index (χ3n) is 3.84. The summed E-state index contributed by atoms with van der Waals surface area (Å²) < 4.78 is 0. The second kappa shape index (κ2) is 13.6. The highest BCUT2D eigenvalue weighted by Crippen LogP contribution is 2.01. The van der Waals surface area contributed by atoms with Crippen LogP contribution in [0.15, 0.2) is 4.99 Å². The molecule has 0 unspecified atom stereocenters. The lowest BCUT2D eigenvalue weighted by Crippen LogP contribution is -2.44. The van der Waals surface area contributed by atoms with Crippen LogP contribution >= 0.6 is 24.0 Å². The van der Waals surface area contributed by atoms with Crippen LogP contribution in [0.5, 0.6) is 0 Å². The number of halogens is 1. The highest BCUT2D eigenvalue weighted by atomic mass is 127. The van der Waals surface area contributed by atoms with E-state index in [-0.39, 0.29) is 24.0 Å². The van der Waals surface area contributed by atoms with E-state index in [1.54, 1.807) is 0 Å². The van der Waals surface area contributed by atoms with E-state index in [0.717, 1.165) is 19.0 Å². The zero-order valence-electron chi connectivity index (χ0n) is 14.0. The summed E-state index contributed by atoms with van der Waals surface area (Å²) in [5, 5.41) is 6.72. The van der Waals surface area contributed by atoms with Gasteiger partial charge in [-0.05, 0) is 32.9 Å². The van der Waals surface area contributed by atoms with E-state index in [0.29, 0.717) is 0 Å². The van der Waals surface area contributed by atoms with Crippen molar-refractivity contribution < 1.29 is 0 Å². The number of aliphatic imine (C=N–C) groups is 1. The lowest BCUT2D eigenvalue weighted by atomic mass is 10.2. The largest absolute Gasteiger partial charge is 0.356 e. The Morgan fingerprint density at radius 1 is 1.00 bits per heavy atom. The van der Waals surface area contributed by atoms with E-state index in [2.05, 4.69) is 39.4 Å². The lowest BCUT2D eigenvalue weighted by Gasteiger charge is -2.32. The topological polar surface area (TPSA) is 42.9 Å². The summed E-state index contributed by atoms with van der Waals surface area (Å²) in [6.45, 7) is 10.3. The SMILES string of the molecule is CCCCNC(=NC)NCCCCN1CCN(C)CC1.I. The Labute approximate surface area is 148 Å². The molecular formula is C15H34IN5. The molecule has 0 spiro atoms. The molecule has 0 aromatic rings. The number of hydrogen-bond acceptors (Lipinski definition) is 3. The van der Waals surface area contributed by atoms with Crippen molar-refractivity contribution in [3.8, 4) is 0 Å². The van der Waals surface area contributed by atoms with E-state index in [9.17, 15) is 0 Å². The molecule has 6 heteroatoms. The van der Waals surface area contributed by atoms with Gasteiger partial charge in [-0.1, -0.05) is 13.3 Å². The number of likely N-dealkylation sites (N-methyl/N-ethyl adjacent to an activating group) is 1. The van der Waals surface area contributed by atoms with Crippen molar-refractivity contribution >= 4 is 29.9 Å². The van der Waals surface area contributed by atoms with E-state index in [1.165, 1.54) is 58.4 Å². The summed E-state index contributed by atoms with van der Waals surface area (Å²) in [5.41, 5.74) is 0. The van der Waals surface area contributed by atoms with E-state index in [4.69, 9.17) is 0 Å². The number of nitrogens with one attached hydrogen (secondary N) is 2. The fourth-order valence-electron chi connectivity index (χ4n) is 2.34. The smallest absolute Gasteiger partial charge is 0.190 e. The zero-order valence-corrected chi connectivity index (χ0v) is 16.4. The van der Waals surface area contributed by atoms with Gasteiger partial charge in [0.05, 0.1) is 0 Å². The van der Waals surface area contributed by atoms with Crippen molar-refractivity contribution in [3.63, 3.8) is 0 Å². The Bertz CT molecular complexity index is 265. The second-order valence-electron chi connectivity index (χ2n) is 5.63. The molecule has 0 aromatic heterocycles. The van der Waals surface area contributed by atoms with Gasteiger partial charge >= 0.3 is 0 Å². The van der Waals surface area contributed by atoms with Crippen LogP contribution in [0.1, 0.15) is 32.6 Å². The maximum atomic E-state index is 4.23. The van der Waals surface area contributed by atoms with Gasteiger partial charge in [-0.3, -0.25) is 4.99 Å². The molecule has 1 saturated heterocycles. The van der Waals surface area contributed by atoms with Crippen molar-refractivity contribution in [3.05, 3.63) is 0 Å². The molecule has 0 saturated carbocycles. The van der Waals surface area contributed by atoms with Crippen molar-refractivity contribution in [2.75, 3.05) is 59.9 Å². The lowest BCUT2D eigenvalue weighted by molar-refractivity contribution is 0.152. The minimum atomic E-state index is 0. The van der Waals surface area contributed by atoms with Crippen LogP contribution in [0.2, 0.25) is 0 Å². The van der Waals surface area contributed by atoms with E-state index in [1.807, 2.05) is 7.05 Å². The molecule has 1 fully saturated rings. The van der Waals surface area contributed by atoms with Crippen molar-refractivity contribution in [1.29, 1.82) is 0 Å². The number of piperazine rings is 1. The van der Waals surface area contributed by atoms with Crippen LogP contribution in [0.3, 0.4) is 0 Å². The molecular weight excluding hydrogens is 377 g/mol. The molecule has 0 atom stereocenters. The Balaban J connectivity index is 0.00000400. The molecule has 0 radical (unpaired) electrons. The zero-order chi connectivity index (χ0) is 14.6. The number of guanidine groups is 1. The van der Waals surface area contributed by atoms with Gasteiger partial charge in [-0.2, -0.15) is 0 Å². The predicted molar refractivity (Wildman–Crippen MR) is 103 cm³/mol. The maximum Gasteiger partial charge on any atom is 0.190 e. The minimum absolute atomic E-state index is 0. The molecule has 126 valence electrons. The van der Waals surface area contributed by atoms with Crippen molar-refractivity contribution in [2.24, 2.45) is 4.99 Å². The van der Waals surface area contributed by atoms with Gasteiger partial charge in [-0.25, -0.2) is 0 Å². The fourth-order valence-corrected chi connectivity index (χ4v) is 2.34. The van der Waals surface area contributed by atoms with Gasteiger partial charge in [0.25, 0.3) is 0 Å². The molecule has 5 nitrogen and oxygen atoms in total. The summed E-state index contributed by atoms with van der Waals surface area (Å²) in [4.78, 5) is 9.22. The van der Waals surface area contributed by atoms with Crippen LogP contribution in [0.4, 0.5) is 0 Å². The quantitative estimate of drug-likeness (QED) is 0.276. The van der Waals surface area contributed by atoms with Crippen molar-refractivity contribution in [1.82, 2.24) is 20.4 Å². The third-order valence-corrected chi connectivity index (χ3v) is 3.84. The molecule has 21 heavy (non-hydrogen) atoms. The van der Waals surface area contributed by atoms with Crippen LogP contribution in [0, 0.1) is 0 Å². The number of rotatable bonds is 8. The summed E-state index contributed by atoms with van der Waals surface area (Å²) in [5.74, 6) is 0.943. The van der Waals surface area contributed by atoms with E-state index >= 15 is 0 Å². The molecule has 0 aliphatic carbocycles. The molecule has 1 aliphatic heterocycles. The summed E-state index contributed by atoms with van der Waals surface area (Å²) in [7, 11) is 4.05. The van der Waals surface area contributed by atoms with Crippen LogP contribution in [-0.4, -0.2) is 75.7 Å². The highest BCUT2D eigenvalue weighted by molar-refractivity contribution is 14.0. The minimum Gasteiger partial charge on any atom is -0.356 e. The van der Waals surface area contributed by atoms with Gasteiger partial charge in [0.15, 0.2) is 5.96 Å². The van der Waals surface area contributed by atoms with Gasteiger partial charge in [0.2, 0.25) is 0 Å². The Morgan fingerprint density at radius 2 is 1.62 bits per heavy atom. The maximum absolute atomic E-state index is 4.23. The van der Waals surface area contributed by atoms with Crippen molar-refractivity contribution in [2.45, 2.75) is 32.6 Å². The van der Waals surface area contributed by atoms with Gasteiger partial charge in [0.1, 0.15) is 0 Å². The number of nitrogens with zero attached hydrogens (tertiary/aromatic N) is 3. The first-order chi connectivity index (χ1) is 9.76. The normalized spacial score (nSPS) is 17.4. The Hall–Kier alpha value is -0.0800. The predicted octanol–water partition coefficient (Wildman–Crippen LogP) is 1.60. The standard InChI is InChI=1S/C15H33N5.HI/c1-4-5-8-17-15(16-2)18-9-6-7-10-20-13-11-19(3)12-14-20;/h4-14H2,1-3H3,(H2,16,17,18);1H. The Morgan fingerprint density at radius 3 is 2.19 bits per heavy atom. The monoisotopic (exact) mass is 411 g/mol. The Kier molecular flexibility index (Phi) is 13.5. The van der Waals surface area contributed by atoms with Gasteiger partial charge in [0, 0.05) is 46.3 Å². The van der Waals surface area contributed by atoms with E-state index < -0.39 is 0 Å². The first-order valence-corrected chi connectivity index (χ1v) is 8.11. The van der Waals surface area contributed by atoms with Gasteiger partial charge in [-0.15, -0.1) is 24.0 Å². The molecule has 2 N–H and O–H groups in total. The van der Waals surface area contributed by atoms with Crippen LogP contribution in [0.25, 0.3) is 0 Å². The molecule has 0 aromatic carbocycles. The number of hydrogen-bond donors (Lipinski definition) is 2. The molecule has 1 heterocycles. The summed E-state index contributed by atoms with van der Waals surface area (Å²) in [6.07, 6.45) is 4.89. The average Bonchev–Trinajstić information content (AvgIpc) is 2.47. The third kappa shape index (κ3) is 10.3. The first-order valence-electron chi connectivity index (χ1n) is 8.11. The fraction of sp³-hybridized carbons (Fsp3) is 0.933. The highest BCUT2D eigenvalue weighted by Gasteiger charge is 2.12. The molecule has 1 aliphatic rings. The number of unbranched alkanes of at least 4 members (excludes halogenated alkanes) is 2. The van der Waals surface area contributed by atoms with Crippen LogP contribution in [-0.2, 0) is 0 Å². The molecule has 0 amide bonds. The summed E-state index contributed by atoms with van der Waals surface area (Å²) in [6, 6.07) is 0. The second-order valence-corrected chi connectivity index (χ2v) is 5.63. The molecule has 0 bridgehead atoms. The van der Waals surface area contributed by atoms with Crippen LogP contribution < -0.4 is 10.6 Å². The first kappa shape index (κ1) is 20.9. The average molecular weight is 411 g/mol. The summed E-state index contributed by atoms with van der Waals surface area (Å²) >= 11 is 0. The molecule has 1 rings (SSSR count).